The van der Waals surface area contributed by atoms with Crippen LogP contribution in [-0.2, 0) is 9.53 Å². The predicted octanol–water partition coefficient (Wildman–Crippen LogP) is 3.88. The zero-order valence-electron chi connectivity index (χ0n) is 15.3. The second-order valence-electron chi connectivity index (χ2n) is 6.64. The molecule has 0 aliphatic carbocycles. The minimum Gasteiger partial charge on any atom is -0.494 e. The number of ether oxygens (including phenoxy) is 2. The normalized spacial score (nSPS) is 18.2. The van der Waals surface area contributed by atoms with Gasteiger partial charge in [-0.2, -0.15) is 0 Å². The lowest BCUT2D eigenvalue weighted by molar-refractivity contribution is -0.137. The molecule has 1 atom stereocenters. The summed E-state index contributed by atoms with van der Waals surface area (Å²) in [6, 6.07) is 8.18. The van der Waals surface area contributed by atoms with E-state index in [1.54, 1.807) is 0 Å². The monoisotopic (exact) mass is 349 g/mol. The van der Waals surface area contributed by atoms with Crippen LogP contribution in [0.15, 0.2) is 24.3 Å². The van der Waals surface area contributed by atoms with Crippen LogP contribution in [0.1, 0.15) is 57.1 Å². The molecule has 1 fully saturated rings. The Labute approximate surface area is 150 Å². The molecule has 0 saturated carbocycles. The largest absolute Gasteiger partial charge is 0.494 e. The van der Waals surface area contributed by atoms with E-state index in [-0.39, 0.29) is 12.5 Å². The van der Waals surface area contributed by atoms with Crippen molar-refractivity contribution in [3.63, 3.8) is 0 Å². The molecule has 0 amide bonds. The van der Waals surface area contributed by atoms with Gasteiger partial charge in [0.25, 0.3) is 0 Å². The van der Waals surface area contributed by atoms with E-state index in [0.717, 1.165) is 44.0 Å². The molecular formula is C20H31NO4. The molecule has 25 heavy (non-hydrogen) atoms. The Kier molecular flexibility index (Phi) is 8.77. The lowest BCUT2D eigenvalue weighted by Crippen LogP contribution is -2.38. The van der Waals surface area contributed by atoms with E-state index in [9.17, 15) is 4.79 Å². The molecule has 0 aromatic heterocycles. The maximum absolute atomic E-state index is 10.6. The van der Waals surface area contributed by atoms with Crippen LogP contribution in [0.4, 0.5) is 0 Å². The molecule has 1 aromatic rings. The number of benzene rings is 1. The van der Waals surface area contributed by atoms with Gasteiger partial charge in [0.15, 0.2) is 0 Å². The average Bonchev–Trinajstić information content (AvgIpc) is 2.62. The first-order valence-electron chi connectivity index (χ1n) is 9.47. The van der Waals surface area contributed by atoms with Crippen molar-refractivity contribution in [2.45, 2.75) is 51.6 Å². The van der Waals surface area contributed by atoms with Crippen molar-refractivity contribution in [2.24, 2.45) is 0 Å². The van der Waals surface area contributed by atoms with Gasteiger partial charge in [-0.25, -0.2) is 0 Å². The molecule has 1 saturated heterocycles. The fourth-order valence-corrected chi connectivity index (χ4v) is 3.06. The number of hydrogen-bond donors (Lipinski definition) is 1. The first-order chi connectivity index (χ1) is 12.2. The lowest BCUT2D eigenvalue weighted by Gasteiger charge is -2.33. The van der Waals surface area contributed by atoms with Crippen molar-refractivity contribution in [1.82, 2.24) is 4.90 Å². The van der Waals surface area contributed by atoms with E-state index in [1.165, 1.54) is 19.3 Å². The Morgan fingerprint density at radius 1 is 1.24 bits per heavy atom. The summed E-state index contributed by atoms with van der Waals surface area (Å²) in [4.78, 5) is 12.9. The highest BCUT2D eigenvalue weighted by molar-refractivity contribution is 5.66. The van der Waals surface area contributed by atoms with E-state index >= 15 is 0 Å². The van der Waals surface area contributed by atoms with Crippen LogP contribution in [0.25, 0.3) is 0 Å². The van der Waals surface area contributed by atoms with E-state index < -0.39 is 5.97 Å². The van der Waals surface area contributed by atoms with E-state index in [1.807, 2.05) is 12.1 Å². The van der Waals surface area contributed by atoms with Crippen molar-refractivity contribution in [1.29, 1.82) is 0 Å². The molecule has 1 unspecified atom stereocenters. The zero-order valence-corrected chi connectivity index (χ0v) is 15.3. The van der Waals surface area contributed by atoms with Crippen LogP contribution in [0.3, 0.4) is 0 Å². The topological polar surface area (TPSA) is 59.0 Å². The van der Waals surface area contributed by atoms with Crippen LogP contribution in [0, 0.1) is 0 Å². The Hall–Kier alpha value is -1.59. The van der Waals surface area contributed by atoms with E-state index in [0.29, 0.717) is 13.0 Å². The van der Waals surface area contributed by atoms with Crippen molar-refractivity contribution in [3.05, 3.63) is 29.8 Å². The average molecular weight is 349 g/mol. The second kappa shape index (κ2) is 11.1. The van der Waals surface area contributed by atoms with Gasteiger partial charge in [0.2, 0.25) is 0 Å². The Bertz CT molecular complexity index is 503. The van der Waals surface area contributed by atoms with Gasteiger partial charge in [-0.15, -0.1) is 0 Å². The number of carboxylic acids is 1. The predicted molar refractivity (Wildman–Crippen MR) is 98.1 cm³/mol. The van der Waals surface area contributed by atoms with Gasteiger partial charge in [0, 0.05) is 19.5 Å². The van der Waals surface area contributed by atoms with Crippen LogP contribution in [0.5, 0.6) is 5.75 Å². The lowest BCUT2D eigenvalue weighted by atomic mass is 10.1. The number of morpholine rings is 1. The molecule has 1 N–H and O–H groups in total. The van der Waals surface area contributed by atoms with E-state index in [2.05, 4.69) is 24.0 Å². The molecule has 1 aromatic carbocycles. The number of aliphatic carboxylic acids is 1. The van der Waals surface area contributed by atoms with Crippen molar-refractivity contribution in [3.8, 4) is 5.75 Å². The van der Waals surface area contributed by atoms with Crippen molar-refractivity contribution in [2.75, 3.05) is 32.8 Å². The summed E-state index contributed by atoms with van der Waals surface area (Å²) in [6.07, 6.45) is 5.80. The minimum absolute atomic E-state index is 0.0529. The number of unbranched alkanes of at least 4 members (excludes halogenated alkanes) is 3. The molecule has 5 heteroatoms. The minimum atomic E-state index is -0.727. The molecule has 1 heterocycles. The quantitative estimate of drug-likeness (QED) is 0.614. The maximum Gasteiger partial charge on any atom is 0.303 e. The molecule has 2 rings (SSSR count). The SMILES string of the molecule is CCCCCCOc1ccc(C2CN(CCCC(=O)O)CCO2)cc1. The summed E-state index contributed by atoms with van der Waals surface area (Å²) in [7, 11) is 0. The van der Waals surface area contributed by atoms with E-state index in [4.69, 9.17) is 14.6 Å². The number of carbonyl (C=O) groups is 1. The molecule has 0 spiro atoms. The highest BCUT2D eigenvalue weighted by Crippen LogP contribution is 2.24. The first-order valence-corrected chi connectivity index (χ1v) is 9.47. The van der Waals surface area contributed by atoms with Gasteiger partial charge in [-0.05, 0) is 37.1 Å². The summed E-state index contributed by atoms with van der Waals surface area (Å²) < 4.78 is 11.7. The molecular weight excluding hydrogens is 318 g/mol. The van der Waals surface area contributed by atoms with Crippen LogP contribution >= 0.6 is 0 Å². The second-order valence-corrected chi connectivity index (χ2v) is 6.64. The summed E-state index contributed by atoms with van der Waals surface area (Å²) >= 11 is 0. The van der Waals surface area contributed by atoms with Gasteiger partial charge in [-0.3, -0.25) is 9.69 Å². The third-order valence-corrected chi connectivity index (χ3v) is 4.53. The highest BCUT2D eigenvalue weighted by atomic mass is 16.5. The van der Waals surface area contributed by atoms with Crippen molar-refractivity contribution >= 4 is 5.97 Å². The molecule has 0 radical (unpaired) electrons. The maximum atomic E-state index is 10.6. The Morgan fingerprint density at radius 3 is 2.76 bits per heavy atom. The summed E-state index contributed by atoms with van der Waals surface area (Å²) in [6.45, 7) is 6.17. The Balaban J connectivity index is 1.75. The third-order valence-electron chi connectivity index (χ3n) is 4.53. The van der Waals surface area contributed by atoms with Gasteiger partial charge in [0.05, 0.1) is 19.3 Å². The van der Waals surface area contributed by atoms with Gasteiger partial charge < -0.3 is 14.6 Å². The first kappa shape index (κ1) is 19.7. The van der Waals surface area contributed by atoms with Gasteiger partial charge in [-0.1, -0.05) is 38.3 Å². The molecule has 1 aliphatic heterocycles. The number of nitrogens with zero attached hydrogens (tertiary/aromatic N) is 1. The smallest absolute Gasteiger partial charge is 0.303 e. The number of rotatable bonds is 11. The molecule has 5 nitrogen and oxygen atoms in total. The van der Waals surface area contributed by atoms with Crippen LogP contribution in [0.2, 0.25) is 0 Å². The summed E-state index contributed by atoms with van der Waals surface area (Å²) in [5, 5.41) is 8.75. The fourth-order valence-electron chi connectivity index (χ4n) is 3.06. The fraction of sp³-hybridized carbons (Fsp3) is 0.650. The highest BCUT2D eigenvalue weighted by Gasteiger charge is 2.21. The standard InChI is InChI=1S/C20H31NO4/c1-2-3-4-5-14-24-18-10-8-17(9-11-18)19-16-21(13-15-25-19)12-6-7-20(22)23/h8-11,19H,2-7,12-16H2,1H3,(H,22,23). The molecule has 0 bridgehead atoms. The molecule has 1 aliphatic rings. The number of carboxylic acid groups (broad SMARTS) is 1. The van der Waals surface area contributed by atoms with Crippen molar-refractivity contribution < 1.29 is 19.4 Å². The number of hydrogen-bond acceptors (Lipinski definition) is 4. The summed E-state index contributed by atoms with van der Waals surface area (Å²) in [5.41, 5.74) is 1.15. The summed E-state index contributed by atoms with van der Waals surface area (Å²) in [5.74, 6) is 0.185. The van der Waals surface area contributed by atoms with Gasteiger partial charge >= 0.3 is 5.97 Å². The zero-order chi connectivity index (χ0) is 17.9. The molecule has 140 valence electrons. The third kappa shape index (κ3) is 7.45. The van der Waals surface area contributed by atoms with Crippen LogP contribution < -0.4 is 4.74 Å². The van der Waals surface area contributed by atoms with Gasteiger partial charge in [0.1, 0.15) is 5.75 Å². The van der Waals surface area contributed by atoms with Crippen LogP contribution in [-0.4, -0.2) is 48.8 Å². The Morgan fingerprint density at radius 2 is 2.04 bits per heavy atom.